The van der Waals surface area contributed by atoms with Gasteiger partial charge in [0.05, 0.1) is 7.11 Å². The van der Waals surface area contributed by atoms with Crippen LogP contribution in [0.4, 0.5) is 0 Å². The second kappa shape index (κ2) is 6.93. The van der Waals surface area contributed by atoms with Gasteiger partial charge in [0.15, 0.2) is 0 Å². The third kappa shape index (κ3) is 3.75. The van der Waals surface area contributed by atoms with Gasteiger partial charge in [-0.3, -0.25) is 10.1 Å². The molecule has 2 aliphatic carbocycles. The molecule has 0 radical (unpaired) electrons. The fourth-order valence-corrected chi connectivity index (χ4v) is 4.48. The van der Waals surface area contributed by atoms with E-state index in [0.29, 0.717) is 17.9 Å². The Morgan fingerprint density at radius 1 is 1.05 bits per heavy atom. The number of esters is 1. The lowest BCUT2D eigenvalue weighted by Crippen LogP contribution is -2.59. The first-order valence-corrected chi connectivity index (χ1v) is 8.42. The molecule has 2 aliphatic rings. The lowest BCUT2D eigenvalue weighted by molar-refractivity contribution is -0.152. The fourth-order valence-electron chi connectivity index (χ4n) is 4.48. The van der Waals surface area contributed by atoms with Crippen LogP contribution in [0.2, 0.25) is 0 Å². The van der Waals surface area contributed by atoms with Crippen molar-refractivity contribution in [3.8, 4) is 0 Å². The zero-order valence-corrected chi connectivity index (χ0v) is 13.4. The molecule has 0 aromatic rings. The van der Waals surface area contributed by atoms with Crippen molar-refractivity contribution in [2.75, 3.05) is 7.11 Å². The topological polar surface area (TPSA) is 38.3 Å². The Labute approximate surface area is 123 Å². The molecule has 0 saturated heterocycles. The van der Waals surface area contributed by atoms with Gasteiger partial charge < -0.3 is 4.74 Å². The van der Waals surface area contributed by atoms with Gasteiger partial charge in [0.2, 0.25) is 0 Å². The third-order valence-electron chi connectivity index (χ3n) is 5.11. The molecule has 3 nitrogen and oxygen atoms in total. The first kappa shape index (κ1) is 15.8. The molecule has 0 heterocycles. The zero-order chi connectivity index (χ0) is 14.6. The maximum Gasteiger partial charge on any atom is 0.326 e. The summed E-state index contributed by atoms with van der Waals surface area (Å²) in [6, 6.07) is 0.495. The summed E-state index contributed by atoms with van der Waals surface area (Å²) in [4.78, 5) is 12.5. The molecular formula is C17H31NO2. The maximum absolute atomic E-state index is 12.5. The molecule has 0 spiro atoms. The van der Waals surface area contributed by atoms with Crippen molar-refractivity contribution in [2.45, 2.75) is 83.2 Å². The first-order valence-electron chi connectivity index (χ1n) is 8.42. The largest absolute Gasteiger partial charge is 0.468 e. The summed E-state index contributed by atoms with van der Waals surface area (Å²) in [5.41, 5.74) is -0.430. The van der Waals surface area contributed by atoms with E-state index in [1.165, 1.54) is 52.1 Å². The van der Waals surface area contributed by atoms with E-state index >= 15 is 0 Å². The van der Waals surface area contributed by atoms with Gasteiger partial charge in [0, 0.05) is 6.04 Å². The smallest absolute Gasteiger partial charge is 0.326 e. The van der Waals surface area contributed by atoms with E-state index in [1.807, 2.05) is 0 Å². The Balaban J connectivity index is 2.11. The number of hydrogen-bond donors (Lipinski definition) is 1. The van der Waals surface area contributed by atoms with Gasteiger partial charge in [-0.25, -0.2) is 0 Å². The van der Waals surface area contributed by atoms with Gasteiger partial charge >= 0.3 is 5.97 Å². The van der Waals surface area contributed by atoms with Crippen molar-refractivity contribution < 1.29 is 9.53 Å². The highest BCUT2D eigenvalue weighted by molar-refractivity contribution is 5.81. The van der Waals surface area contributed by atoms with Crippen LogP contribution in [0.25, 0.3) is 0 Å². The number of rotatable bonds is 3. The van der Waals surface area contributed by atoms with Crippen LogP contribution in [0.3, 0.4) is 0 Å². The number of hydrogen-bond acceptors (Lipinski definition) is 3. The summed E-state index contributed by atoms with van der Waals surface area (Å²) in [6.07, 6.45) is 10.8. The molecule has 1 N–H and O–H groups in total. The molecular weight excluding hydrogens is 250 g/mol. The Bertz CT molecular complexity index is 311. The summed E-state index contributed by atoms with van der Waals surface area (Å²) in [7, 11) is 1.53. The number of nitrogens with one attached hydrogen (secondary N) is 1. The van der Waals surface area contributed by atoms with Gasteiger partial charge in [0.1, 0.15) is 5.54 Å². The Morgan fingerprint density at radius 2 is 1.60 bits per heavy atom. The van der Waals surface area contributed by atoms with Crippen molar-refractivity contribution >= 4 is 5.97 Å². The summed E-state index contributed by atoms with van der Waals surface area (Å²) < 4.78 is 5.16. The van der Waals surface area contributed by atoms with Crippen LogP contribution in [0.5, 0.6) is 0 Å². The van der Waals surface area contributed by atoms with Gasteiger partial charge in [-0.15, -0.1) is 0 Å². The van der Waals surface area contributed by atoms with Gasteiger partial charge in [0.25, 0.3) is 0 Å². The summed E-state index contributed by atoms with van der Waals surface area (Å²) >= 11 is 0. The molecule has 116 valence electrons. The van der Waals surface area contributed by atoms with Crippen molar-refractivity contribution in [3.63, 3.8) is 0 Å². The minimum atomic E-state index is -0.430. The number of methoxy groups -OCH3 is 1. The number of carbonyl (C=O) groups excluding carboxylic acids is 1. The van der Waals surface area contributed by atoms with Crippen LogP contribution in [0.1, 0.15) is 71.6 Å². The van der Waals surface area contributed by atoms with E-state index in [9.17, 15) is 4.79 Å². The summed E-state index contributed by atoms with van der Waals surface area (Å²) in [5, 5.41) is 3.75. The van der Waals surface area contributed by atoms with Crippen molar-refractivity contribution in [1.29, 1.82) is 0 Å². The van der Waals surface area contributed by atoms with Crippen LogP contribution in [-0.4, -0.2) is 24.7 Å². The molecule has 2 unspecified atom stereocenters. The van der Waals surface area contributed by atoms with Crippen molar-refractivity contribution in [2.24, 2.45) is 11.8 Å². The monoisotopic (exact) mass is 281 g/mol. The van der Waals surface area contributed by atoms with Gasteiger partial charge in [-0.05, 0) is 43.9 Å². The van der Waals surface area contributed by atoms with E-state index in [4.69, 9.17) is 4.74 Å². The van der Waals surface area contributed by atoms with Gasteiger partial charge in [-0.1, -0.05) is 39.5 Å². The predicted molar refractivity (Wildman–Crippen MR) is 81.6 cm³/mol. The zero-order valence-electron chi connectivity index (χ0n) is 13.4. The van der Waals surface area contributed by atoms with Crippen LogP contribution in [0, 0.1) is 11.8 Å². The normalized spacial score (nSPS) is 36.4. The number of ether oxygens (including phenoxy) is 1. The molecule has 2 saturated carbocycles. The van der Waals surface area contributed by atoms with E-state index in [1.54, 1.807) is 0 Å². The minimum Gasteiger partial charge on any atom is -0.468 e. The van der Waals surface area contributed by atoms with E-state index in [2.05, 4.69) is 19.2 Å². The highest BCUT2D eigenvalue weighted by Gasteiger charge is 2.46. The fraction of sp³-hybridized carbons (Fsp3) is 0.941. The van der Waals surface area contributed by atoms with Gasteiger partial charge in [-0.2, -0.15) is 0 Å². The highest BCUT2D eigenvalue weighted by atomic mass is 16.5. The Hall–Kier alpha value is -0.570. The standard InChI is InChI=1S/C17H31NO2/c1-13-10-14(2)12-17(11-13,16(19)20-3)18-15-8-6-4-5-7-9-15/h13-15,18H,4-12H2,1-3H3. The quantitative estimate of drug-likeness (QED) is 0.633. The SMILES string of the molecule is COC(=O)C1(NC2CCCCCC2)CC(C)CC(C)C1. The van der Waals surface area contributed by atoms with Crippen molar-refractivity contribution in [3.05, 3.63) is 0 Å². The van der Waals surface area contributed by atoms with Crippen LogP contribution >= 0.6 is 0 Å². The lowest BCUT2D eigenvalue weighted by atomic mass is 9.71. The molecule has 2 atom stereocenters. The minimum absolute atomic E-state index is 0.0415. The molecule has 0 bridgehead atoms. The average molecular weight is 281 g/mol. The maximum atomic E-state index is 12.5. The molecule has 0 amide bonds. The summed E-state index contributed by atoms with van der Waals surface area (Å²) in [6.45, 7) is 4.53. The average Bonchev–Trinajstić information content (AvgIpc) is 2.65. The predicted octanol–water partition coefficient (Wildman–Crippen LogP) is 3.67. The Morgan fingerprint density at radius 3 is 2.10 bits per heavy atom. The van der Waals surface area contributed by atoms with Crippen LogP contribution in [-0.2, 0) is 9.53 Å². The first-order chi connectivity index (χ1) is 9.55. The molecule has 3 heteroatoms. The number of carbonyl (C=O) groups is 1. The second-order valence-corrected chi connectivity index (χ2v) is 7.26. The molecule has 20 heavy (non-hydrogen) atoms. The molecule has 0 aliphatic heterocycles. The molecule has 0 aromatic heterocycles. The van der Waals surface area contributed by atoms with Crippen molar-refractivity contribution in [1.82, 2.24) is 5.32 Å². The lowest BCUT2D eigenvalue weighted by Gasteiger charge is -2.43. The highest BCUT2D eigenvalue weighted by Crippen LogP contribution is 2.38. The molecule has 0 aromatic carbocycles. The summed E-state index contributed by atoms with van der Waals surface area (Å²) in [5.74, 6) is 1.15. The second-order valence-electron chi connectivity index (χ2n) is 7.26. The molecule has 2 rings (SSSR count). The van der Waals surface area contributed by atoms with Crippen LogP contribution < -0.4 is 5.32 Å². The van der Waals surface area contributed by atoms with E-state index in [0.717, 1.165) is 12.8 Å². The van der Waals surface area contributed by atoms with E-state index in [-0.39, 0.29) is 5.97 Å². The van der Waals surface area contributed by atoms with Crippen LogP contribution in [0.15, 0.2) is 0 Å². The third-order valence-corrected chi connectivity index (χ3v) is 5.11. The Kier molecular flexibility index (Phi) is 5.48. The molecule has 2 fully saturated rings. The van der Waals surface area contributed by atoms with E-state index < -0.39 is 5.54 Å².